The Bertz CT molecular complexity index is 731. The van der Waals surface area contributed by atoms with Gasteiger partial charge in [-0.1, -0.05) is 0 Å². The van der Waals surface area contributed by atoms with E-state index >= 15 is 0 Å². The van der Waals surface area contributed by atoms with Gasteiger partial charge in [0.25, 0.3) is 10.0 Å². The Labute approximate surface area is 127 Å². The van der Waals surface area contributed by atoms with E-state index < -0.39 is 16.0 Å². The number of anilines is 1. The van der Waals surface area contributed by atoms with E-state index in [-0.39, 0.29) is 15.6 Å². The zero-order valence-electron chi connectivity index (χ0n) is 10.0. The van der Waals surface area contributed by atoms with Crippen LogP contribution >= 0.6 is 27.5 Å². The maximum Gasteiger partial charge on any atom is 0.339 e. The molecule has 0 unspecified atom stereocenters. The summed E-state index contributed by atoms with van der Waals surface area (Å²) in [6.45, 7) is 0. The van der Waals surface area contributed by atoms with Crippen molar-refractivity contribution in [3.8, 4) is 0 Å². The number of methoxy groups -OCH3 is 1. The molecule has 1 aromatic carbocycles. The van der Waals surface area contributed by atoms with Crippen LogP contribution in [0.5, 0.6) is 0 Å². The second kappa shape index (κ2) is 5.85. The highest BCUT2D eigenvalue weighted by Crippen LogP contribution is 2.24. The van der Waals surface area contributed by atoms with E-state index in [0.717, 1.165) is 11.5 Å². The average molecular weight is 378 g/mol. The number of nitrogens with zero attached hydrogens (tertiary/aromatic N) is 2. The number of esters is 1. The highest BCUT2D eigenvalue weighted by Gasteiger charge is 2.19. The molecule has 0 saturated carbocycles. The van der Waals surface area contributed by atoms with E-state index in [2.05, 4.69) is 34.7 Å². The molecule has 0 fully saturated rings. The van der Waals surface area contributed by atoms with Gasteiger partial charge in [0.2, 0.25) is 5.13 Å². The highest BCUT2D eigenvalue weighted by atomic mass is 79.9. The van der Waals surface area contributed by atoms with E-state index in [4.69, 9.17) is 0 Å². The average Bonchev–Trinajstić information content (AvgIpc) is 2.89. The first-order valence-electron chi connectivity index (χ1n) is 5.11. The van der Waals surface area contributed by atoms with Crippen molar-refractivity contribution in [2.24, 2.45) is 0 Å². The fraction of sp³-hybridized carbons (Fsp3) is 0.100. The summed E-state index contributed by atoms with van der Waals surface area (Å²) in [5.74, 6) is -0.557. The summed E-state index contributed by atoms with van der Waals surface area (Å²) in [5, 5.41) is 0.165. The zero-order chi connectivity index (χ0) is 14.8. The lowest BCUT2D eigenvalue weighted by Crippen LogP contribution is -2.13. The Kier molecular flexibility index (Phi) is 4.35. The van der Waals surface area contributed by atoms with Gasteiger partial charge in [0.05, 0.1) is 17.6 Å². The largest absolute Gasteiger partial charge is 0.465 e. The van der Waals surface area contributed by atoms with Crippen molar-refractivity contribution < 1.29 is 17.9 Å². The Morgan fingerprint density at radius 2 is 2.20 bits per heavy atom. The number of aromatic nitrogens is 2. The molecule has 0 aliphatic heterocycles. The van der Waals surface area contributed by atoms with Gasteiger partial charge in [-0.05, 0) is 34.1 Å². The van der Waals surface area contributed by atoms with E-state index in [9.17, 15) is 13.2 Å². The number of hydrogen-bond acceptors (Lipinski definition) is 7. The zero-order valence-corrected chi connectivity index (χ0v) is 13.3. The smallest absolute Gasteiger partial charge is 0.339 e. The monoisotopic (exact) mass is 377 g/mol. The molecule has 7 nitrogen and oxygen atoms in total. The number of rotatable bonds is 4. The summed E-state index contributed by atoms with van der Waals surface area (Å²) in [5.41, 5.74) is 0.238. The van der Waals surface area contributed by atoms with Crippen molar-refractivity contribution in [2.75, 3.05) is 11.8 Å². The lowest BCUT2D eigenvalue weighted by atomic mass is 10.2. The molecule has 0 amide bonds. The second-order valence-electron chi connectivity index (χ2n) is 3.49. The van der Waals surface area contributed by atoms with Crippen LogP contribution in [0.25, 0.3) is 0 Å². The molecule has 10 heteroatoms. The highest BCUT2D eigenvalue weighted by molar-refractivity contribution is 9.10. The molecule has 0 radical (unpaired) electrons. The third-order valence-corrected chi connectivity index (χ3v) is 4.94. The summed E-state index contributed by atoms with van der Waals surface area (Å²) in [6.07, 6.45) is 1.25. The summed E-state index contributed by atoms with van der Waals surface area (Å²) in [6, 6.07) is 3.99. The Morgan fingerprint density at radius 3 is 2.75 bits per heavy atom. The minimum atomic E-state index is -3.78. The van der Waals surface area contributed by atoms with Crippen LogP contribution in [0.3, 0.4) is 0 Å². The second-order valence-corrected chi connectivity index (χ2v) is 6.80. The molecule has 106 valence electrons. The maximum absolute atomic E-state index is 12.1. The molecule has 20 heavy (non-hydrogen) atoms. The van der Waals surface area contributed by atoms with Crippen molar-refractivity contribution in [2.45, 2.75) is 4.90 Å². The number of halogens is 1. The molecule has 2 aromatic rings. The van der Waals surface area contributed by atoms with Gasteiger partial charge in [0, 0.05) is 16.0 Å². The van der Waals surface area contributed by atoms with Gasteiger partial charge < -0.3 is 4.74 Å². The Balaban J connectivity index is 2.33. The van der Waals surface area contributed by atoms with Gasteiger partial charge in [0.15, 0.2) is 0 Å². The molecule has 1 aromatic heterocycles. The number of benzene rings is 1. The fourth-order valence-electron chi connectivity index (χ4n) is 1.33. The third-order valence-electron chi connectivity index (χ3n) is 2.24. The molecule has 0 saturated heterocycles. The van der Waals surface area contributed by atoms with Gasteiger partial charge in [-0.2, -0.15) is 4.37 Å². The van der Waals surface area contributed by atoms with Crippen LogP contribution in [0.1, 0.15) is 10.4 Å². The quantitative estimate of drug-likeness (QED) is 0.816. The minimum Gasteiger partial charge on any atom is -0.465 e. The number of carbonyl (C=O) groups is 1. The lowest BCUT2D eigenvalue weighted by molar-refractivity contribution is 0.0599. The normalized spacial score (nSPS) is 11.1. The molecule has 0 spiro atoms. The van der Waals surface area contributed by atoms with Crippen molar-refractivity contribution in [1.29, 1.82) is 0 Å². The van der Waals surface area contributed by atoms with Crippen molar-refractivity contribution in [1.82, 2.24) is 9.36 Å². The summed E-state index contributed by atoms with van der Waals surface area (Å²) in [4.78, 5) is 15.2. The molecule has 1 heterocycles. The van der Waals surface area contributed by atoms with E-state index in [0.29, 0.717) is 4.47 Å². The Morgan fingerprint density at radius 1 is 1.45 bits per heavy atom. The standard InChI is InChI=1S/C10H8BrN3O4S2/c1-18-9(15)7-3-2-6(4-8(7)11)20(16,17)14-10-12-5-13-19-10/h2-5H,1H3,(H,12,13,14). The van der Waals surface area contributed by atoms with Crippen molar-refractivity contribution in [3.05, 3.63) is 34.6 Å². The van der Waals surface area contributed by atoms with Gasteiger partial charge in [-0.3, -0.25) is 4.72 Å². The van der Waals surface area contributed by atoms with Gasteiger partial charge in [-0.15, -0.1) is 0 Å². The predicted octanol–water partition coefficient (Wildman–Crippen LogP) is 1.89. The van der Waals surface area contributed by atoms with Crippen LogP contribution in [-0.4, -0.2) is 30.9 Å². The molecule has 0 atom stereocenters. The van der Waals surface area contributed by atoms with Crippen LogP contribution in [-0.2, 0) is 14.8 Å². The molecular formula is C10H8BrN3O4S2. The van der Waals surface area contributed by atoms with Crippen LogP contribution in [0.2, 0.25) is 0 Å². The number of hydrogen-bond donors (Lipinski definition) is 1. The molecular weight excluding hydrogens is 370 g/mol. The first-order valence-corrected chi connectivity index (χ1v) is 8.16. The first kappa shape index (κ1) is 14.9. The fourth-order valence-corrected chi connectivity index (χ4v) is 3.71. The maximum atomic E-state index is 12.1. The molecule has 0 aliphatic rings. The van der Waals surface area contributed by atoms with Crippen molar-refractivity contribution >= 4 is 48.6 Å². The van der Waals surface area contributed by atoms with Crippen LogP contribution in [0.4, 0.5) is 5.13 Å². The molecule has 2 rings (SSSR count). The Hall–Kier alpha value is -1.52. The van der Waals surface area contributed by atoms with E-state index in [1.54, 1.807) is 0 Å². The van der Waals surface area contributed by atoms with Crippen molar-refractivity contribution in [3.63, 3.8) is 0 Å². The first-order chi connectivity index (χ1) is 9.44. The summed E-state index contributed by atoms with van der Waals surface area (Å²) >= 11 is 4.06. The van der Waals surface area contributed by atoms with Crippen LogP contribution in [0, 0.1) is 0 Å². The summed E-state index contributed by atoms with van der Waals surface area (Å²) in [7, 11) is -2.53. The minimum absolute atomic E-state index is 0.00720. The lowest BCUT2D eigenvalue weighted by Gasteiger charge is -2.07. The van der Waals surface area contributed by atoms with E-state index in [1.807, 2.05) is 0 Å². The number of carbonyl (C=O) groups excluding carboxylic acids is 1. The SMILES string of the molecule is COC(=O)c1ccc(S(=O)(=O)Nc2ncns2)cc1Br. The van der Waals surface area contributed by atoms with Gasteiger partial charge in [-0.25, -0.2) is 18.2 Å². The number of ether oxygens (including phenoxy) is 1. The van der Waals surface area contributed by atoms with Gasteiger partial charge in [0.1, 0.15) is 6.33 Å². The number of sulfonamides is 1. The molecule has 1 N–H and O–H groups in total. The topological polar surface area (TPSA) is 98.2 Å². The predicted molar refractivity (Wildman–Crippen MR) is 76.2 cm³/mol. The van der Waals surface area contributed by atoms with Crippen LogP contribution in [0.15, 0.2) is 33.9 Å². The summed E-state index contributed by atoms with van der Waals surface area (Å²) < 4.78 is 35.1. The number of nitrogens with one attached hydrogen (secondary N) is 1. The van der Waals surface area contributed by atoms with Crippen LogP contribution < -0.4 is 4.72 Å². The van der Waals surface area contributed by atoms with Gasteiger partial charge >= 0.3 is 5.97 Å². The molecule has 0 bridgehead atoms. The third kappa shape index (κ3) is 3.14. The van der Waals surface area contributed by atoms with E-state index in [1.165, 1.54) is 31.6 Å². The molecule has 0 aliphatic carbocycles.